The molecule has 0 aromatic carbocycles. The van der Waals surface area contributed by atoms with E-state index in [1.165, 1.54) is 6.42 Å². The summed E-state index contributed by atoms with van der Waals surface area (Å²) in [6.07, 6.45) is 4.92. The van der Waals surface area contributed by atoms with Crippen LogP contribution in [-0.2, 0) is 0 Å². The van der Waals surface area contributed by atoms with Gasteiger partial charge in [-0.3, -0.25) is 0 Å². The first-order chi connectivity index (χ1) is 5.08. The molecule has 2 nitrogen and oxygen atoms in total. The van der Waals surface area contributed by atoms with E-state index in [2.05, 4.69) is 0 Å². The second kappa shape index (κ2) is 3.61. The summed E-state index contributed by atoms with van der Waals surface area (Å²) in [4.78, 5) is 17.0. The third-order valence-electron chi connectivity index (χ3n) is 1.84. The van der Waals surface area contributed by atoms with Crippen molar-refractivity contribution in [1.82, 2.24) is 0 Å². The van der Waals surface area contributed by atoms with Gasteiger partial charge in [0.1, 0.15) is 0 Å². The second-order valence-corrected chi connectivity index (χ2v) is 4.31. The van der Waals surface area contributed by atoms with Crippen molar-refractivity contribution in [1.29, 1.82) is 0 Å². The van der Waals surface area contributed by atoms with Gasteiger partial charge in [-0.25, -0.2) is 0 Å². The van der Waals surface area contributed by atoms with Crippen LogP contribution in [0.1, 0.15) is 32.1 Å². The second-order valence-electron chi connectivity index (χ2n) is 2.92. The van der Waals surface area contributed by atoms with Gasteiger partial charge in [-0.15, -0.1) is 0 Å². The van der Waals surface area contributed by atoms with Crippen LogP contribution in [-0.4, -0.2) is 9.79 Å². The average Bonchev–Trinajstić information content (AvgIpc) is 1.85. The van der Waals surface area contributed by atoms with E-state index in [1.807, 2.05) is 0 Å². The van der Waals surface area contributed by atoms with Crippen LogP contribution in [0.4, 0.5) is 4.20 Å². The van der Waals surface area contributed by atoms with Crippen LogP contribution in [0.15, 0.2) is 11.4 Å². The number of hydrogen-bond acceptors (Lipinski definition) is 2. The molecule has 64 valence electrons. The summed E-state index contributed by atoms with van der Waals surface area (Å²) in [6, 6.07) is 0. The maximum absolute atomic E-state index is 12.3. The topological polar surface area (TPSA) is 40.5 Å². The molecule has 2 N–H and O–H groups in total. The van der Waals surface area contributed by atoms with Crippen LogP contribution in [0.2, 0.25) is 0 Å². The maximum atomic E-state index is 12.3. The summed E-state index contributed by atoms with van der Waals surface area (Å²) in [5.41, 5.74) is 0.872. The molecule has 11 heavy (non-hydrogen) atoms. The summed E-state index contributed by atoms with van der Waals surface area (Å²) in [6.45, 7) is 0. The summed E-state index contributed by atoms with van der Waals surface area (Å²) < 4.78 is 12.3. The molecule has 1 saturated carbocycles. The molecule has 1 rings (SSSR count). The van der Waals surface area contributed by atoms with Crippen LogP contribution >= 0.6 is 8.03 Å². The van der Waals surface area contributed by atoms with Crippen molar-refractivity contribution in [2.24, 2.45) is 0 Å². The molecule has 0 bridgehead atoms. The van der Waals surface area contributed by atoms with Crippen LogP contribution < -0.4 is 0 Å². The van der Waals surface area contributed by atoms with Gasteiger partial charge in [-0.05, 0) is 31.3 Å². The molecule has 0 spiro atoms. The lowest BCUT2D eigenvalue weighted by Gasteiger charge is -2.11. The van der Waals surface area contributed by atoms with E-state index in [9.17, 15) is 4.20 Å². The molecule has 4 heteroatoms. The molecule has 0 amide bonds. The molecule has 1 fully saturated rings. The summed E-state index contributed by atoms with van der Waals surface area (Å²) >= 11 is 0. The molecule has 0 unspecified atom stereocenters. The fraction of sp³-hybridized carbons (Fsp3) is 0.714. The quantitative estimate of drug-likeness (QED) is 0.607. The maximum Gasteiger partial charge on any atom is 0.491 e. The Hall–Kier alpha value is 0.0200. The summed E-state index contributed by atoms with van der Waals surface area (Å²) in [5, 5.41) is 0. The van der Waals surface area contributed by atoms with Crippen molar-refractivity contribution in [3.63, 3.8) is 0 Å². The predicted molar refractivity (Wildman–Crippen MR) is 43.6 cm³/mol. The molecule has 1 aliphatic carbocycles. The van der Waals surface area contributed by atoms with Crippen molar-refractivity contribution in [3.05, 3.63) is 11.4 Å². The minimum Gasteiger partial charge on any atom is -0.185 e. The highest BCUT2D eigenvalue weighted by Gasteiger charge is 2.31. The third-order valence-corrected chi connectivity index (χ3v) is 2.54. The van der Waals surface area contributed by atoms with Crippen molar-refractivity contribution in [2.45, 2.75) is 32.1 Å². The van der Waals surface area contributed by atoms with Gasteiger partial charge >= 0.3 is 8.03 Å². The first-order valence-electron chi connectivity index (χ1n) is 3.82. The molecule has 0 aromatic heterocycles. The van der Waals surface area contributed by atoms with Gasteiger partial charge in [0.2, 0.25) is 0 Å². The SMILES string of the molecule is O[P+](O)(F)C=C1CCCCC1. The zero-order valence-corrected chi connectivity index (χ0v) is 7.23. The van der Waals surface area contributed by atoms with Crippen LogP contribution in [0.3, 0.4) is 0 Å². The zero-order chi connectivity index (χ0) is 8.32. The monoisotopic (exact) mass is 179 g/mol. The Bertz CT molecular complexity index is 154. The van der Waals surface area contributed by atoms with Gasteiger partial charge in [-0.1, -0.05) is 6.42 Å². The van der Waals surface area contributed by atoms with E-state index in [4.69, 9.17) is 9.79 Å². The fourth-order valence-corrected chi connectivity index (χ4v) is 2.09. The zero-order valence-electron chi connectivity index (χ0n) is 6.33. The molecule has 0 atom stereocenters. The number of hydrogen-bond donors (Lipinski definition) is 2. The van der Waals surface area contributed by atoms with Gasteiger partial charge in [0.15, 0.2) is 5.82 Å². The van der Waals surface area contributed by atoms with E-state index in [0.717, 1.165) is 37.1 Å². The standard InChI is InChI=1S/C7H13FO2P/c8-11(9,10)6-7-4-2-1-3-5-7/h6,9-10H,1-5H2/q+1. The Morgan fingerprint density at radius 1 is 1.18 bits per heavy atom. The Kier molecular flexibility index (Phi) is 2.99. The van der Waals surface area contributed by atoms with Gasteiger partial charge in [0.25, 0.3) is 0 Å². The van der Waals surface area contributed by atoms with Gasteiger partial charge in [0, 0.05) is 4.20 Å². The lowest BCUT2D eigenvalue weighted by Crippen LogP contribution is -1.94. The minimum absolute atomic E-state index is 0.826. The largest absolute Gasteiger partial charge is 0.491 e. The highest BCUT2D eigenvalue weighted by molar-refractivity contribution is 7.62. The number of halogens is 1. The van der Waals surface area contributed by atoms with E-state index in [-0.39, 0.29) is 0 Å². The Morgan fingerprint density at radius 2 is 1.73 bits per heavy atom. The van der Waals surface area contributed by atoms with Gasteiger partial charge in [-0.2, -0.15) is 9.79 Å². The van der Waals surface area contributed by atoms with Crippen LogP contribution in [0.25, 0.3) is 0 Å². The van der Waals surface area contributed by atoms with Gasteiger partial charge < -0.3 is 0 Å². The first-order valence-corrected chi connectivity index (χ1v) is 5.48. The van der Waals surface area contributed by atoms with E-state index < -0.39 is 8.03 Å². The molecule has 0 radical (unpaired) electrons. The molecular formula is C7H13FO2P+. The van der Waals surface area contributed by atoms with Crippen molar-refractivity contribution < 1.29 is 14.0 Å². The molecule has 0 aliphatic heterocycles. The Labute approximate surface area is 66.4 Å². The van der Waals surface area contributed by atoms with Crippen LogP contribution in [0.5, 0.6) is 0 Å². The highest BCUT2D eigenvalue weighted by Crippen LogP contribution is 2.55. The molecule has 0 heterocycles. The lowest BCUT2D eigenvalue weighted by atomic mass is 9.96. The molecule has 0 aromatic rings. The number of allylic oxidation sites excluding steroid dienone is 1. The van der Waals surface area contributed by atoms with Crippen molar-refractivity contribution in [2.75, 3.05) is 0 Å². The predicted octanol–water partition coefficient (Wildman–Crippen LogP) is 2.55. The Morgan fingerprint density at radius 3 is 2.18 bits per heavy atom. The minimum atomic E-state index is -4.15. The van der Waals surface area contributed by atoms with E-state index in [1.54, 1.807) is 0 Å². The lowest BCUT2D eigenvalue weighted by molar-refractivity contribution is 0.404. The number of rotatable bonds is 1. The molecule has 1 aliphatic rings. The molecule has 0 saturated heterocycles. The highest BCUT2D eigenvalue weighted by atomic mass is 31.2. The van der Waals surface area contributed by atoms with E-state index >= 15 is 0 Å². The van der Waals surface area contributed by atoms with Crippen molar-refractivity contribution >= 4 is 8.03 Å². The van der Waals surface area contributed by atoms with Crippen LogP contribution in [0, 0.1) is 0 Å². The third kappa shape index (κ3) is 3.80. The van der Waals surface area contributed by atoms with Gasteiger partial charge in [0.05, 0.1) is 0 Å². The van der Waals surface area contributed by atoms with Crippen molar-refractivity contribution in [3.8, 4) is 0 Å². The summed E-state index contributed by atoms with van der Waals surface area (Å²) in [7, 11) is -4.15. The molecular weight excluding hydrogens is 166 g/mol. The first kappa shape index (κ1) is 9.11. The Balaban J connectivity index is 2.50. The van der Waals surface area contributed by atoms with E-state index in [0.29, 0.717) is 0 Å². The summed E-state index contributed by atoms with van der Waals surface area (Å²) in [5.74, 6) is 1.02. The smallest absolute Gasteiger partial charge is 0.185 e. The fourth-order valence-electron chi connectivity index (χ4n) is 1.37. The average molecular weight is 179 g/mol. The normalized spacial score (nSPS) is 20.1.